The van der Waals surface area contributed by atoms with Crippen LogP contribution < -0.4 is 15.0 Å². The quantitative estimate of drug-likeness (QED) is 0.672. The molecule has 0 bridgehead atoms. The van der Waals surface area contributed by atoms with Gasteiger partial charge in [0, 0.05) is 13.5 Å². The number of hydrogen-bond donors (Lipinski definition) is 2. The van der Waals surface area contributed by atoms with Crippen molar-refractivity contribution in [2.24, 2.45) is 0 Å². The molecule has 2 aromatic carbocycles. The van der Waals surface area contributed by atoms with Crippen LogP contribution in [-0.4, -0.2) is 52.2 Å². The minimum absolute atomic E-state index is 0. The lowest BCUT2D eigenvalue weighted by Crippen LogP contribution is -2.49. The average molecular weight is 395 g/mol. The van der Waals surface area contributed by atoms with E-state index in [9.17, 15) is 9.59 Å². The summed E-state index contributed by atoms with van der Waals surface area (Å²) in [4.78, 5) is 29.6. The summed E-state index contributed by atoms with van der Waals surface area (Å²) < 4.78 is 5.70. The number of likely N-dealkylation sites (N-methyl/N-ethyl adjacent to an activating group) is 1. The zero-order valence-electron chi connectivity index (χ0n) is 15.8. The number of nitrogens with zero attached hydrogens (tertiary/aromatic N) is 3. The van der Waals surface area contributed by atoms with Gasteiger partial charge in [-0.05, 0) is 17.7 Å². The van der Waals surface area contributed by atoms with Gasteiger partial charge in [-0.2, -0.15) is 0 Å². The molecule has 2 heterocycles. The molecule has 0 aliphatic carbocycles. The molecule has 4 rings (SSSR count). The predicted octanol–water partition coefficient (Wildman–Crippen LogP) is 0.725. The van der Waals surface area contributed by atoms with Gasteiger partial charge < -0.3 is 25.4 Å². The Kier molecular flexibility index (Phi) is 5.89. The zero-order valence-corrected chi connectivity index (χ0v) is 15.8. The van der Waals surface area contributed by atoms with Gasteiger partial charge in [0.25, 0.3) is 11.8 Å². The number of aromatic amines is 1. The highest BCUT2D eigenvalue weighted by atomic mass is 16.5. The molecule has 4 N–H and O–H groups in total. The van der Waals surface area contributed by atoms with Gasteiger partial charge in [0.2, 0.25) is 5.82 Å². The lowest BCUT2D eigenvalue weighted by atomic mass is 10.1. The second-order valence-corrected chi connectivity index (χ2v) is 6.48. The van der Waals surface area contributed by atoms with Crippen LogP contribution in [0.3, 0.4) is 0 Å². The van der Waals surface area contributed by atoms with Gasteiger partial charge >= 0.3 is 0 Å². The molecule has 29 heavy (non-hydrogen) atoms. The average Bonchev–Trinajstić information content (AvgIpc) is 3.15. The van der Waals surface area contributed by atoms with Crippen LogP contribution in [0.15, 0.2) is 54.6 Å². The van der Waals surface area contributed by atoms with Crippen LogP contribution >= 0.6 is 0 Å². The number of aromatic nitrogens is 3. The number of hydrogen-bond acceptors (Lipinski definition) is 5. The van der Waals surface area contributed by atoms with Crippen LogP contribution in [0, 0.1) is 0 Å². The summed E-state index contributed by atoms with van der Waals surface area (Å²) in [5, 5.41) is 10.6. The van der Waals surface area contributed by atoms with E-state index in [2.05, 4.69) is 20.5 Å². The predicted molar refractivity (Wildman–Crippen MR) is 106 cm³/mol. The lowest BCUT2D eigenvalue weighted by Gasteiger charge is -2.19. The molecule has 1 aliphatic rings. The van der Waals surface area contributed by atoms with E-state index in [4.69, 9.17) is 4.74 Å². The van der Waals surface area contributed by atoms with E-state index in [-0.39, 0.29) is 23.8 Å². The standard InChI is InChI=1S/C20H19N5O3.H2O/c1-25-15-9-5-6-10-16(15)28-12-14(20(25)27)21-19(26)18-22-17(23-24-18)11-13-7-3-2-4-8-13;/h2-10,14H,11-12H2,1H3,(H,21,26)(H,22,23,24);1H2. The number of nitrogens with one attached hydrogen (secondary N) is 2. The van der Waals surface area contributed by atoms with Gasteiger partial charge in [-0.25, -0.2) is 0 Å². The molecule has 0 spiro atoms. The first kappa shape index (κ1) is 20.0. The summed E-state index contributed by atoms with van der Waals surface area (Å²) in [6.45, 7) is 0.0386. The highest BCUT2D eigenvalue weighted by molar-refractivity contribution is 6.02. The maximum atomic E-state index is 12.7. The highest BCUT2D eigenvalue weighted by Crippen LogP contribution is 2.29. The van der Waals surface area contributed by atoms with Crippen molar-refractivity contribution in [3.8, 4) is 5.75 Å². The Balaban J connectivity index is 0.00000240. The third-order valence-corrected chi connectivity index (χ3v) is 4.53. The molecule has 1 unspecified atom stereocenters. The van der Waals surface area contributed by atoms with Crippen molar-refractivity contribution in [3.05, 3.63) is 71.8 Å². The Hall–Kier alpha value is -3.72. The summed E-state index contributed by atoms with van der Waals surface area (Å²) in [5.41, 5.74) is 1.71. The molecule has 1 aromatic heterocycles. The number of fused-ring (bicyclic) bond motifs is 1. The topological polar surface area (TPSA) is 132 Å². The van der Waals surface area contributed by atoms with Crippen molar-refractivity contribution in [3.63, 3.8) is 0 Å². The van der Waals surface area contributed by atoms with Crippen molar-refractivity contribution in [1.82, 2.24) is 20.5 Å². The Morgan fingerprint density at radius 2 is 1.90 bits per heavy atom. The van der Waals surface area contributed by atoms with Gasteiger partial charge in [0.1, 0.15) is 24.2 Å². The SMILES string of the molecule is CN1C(=O)C(NC(=O)c2nnc(Cc3ccccc3)[nH]2)COc2ccccc21.O. The minimum atomic E-state index is -0.826. The van der Waals surface area contributed by atoms with Gasteiger partial charge in [0.05, 0.1) is 5.69 Å². The number of para-hydroxylation sites is 2. The summed E-state index contributed by atoms with van der Waals surface area (Å²) >= 11 is 0. The van der Waals surface area contributed by atoms with Crippen LogP contribution in [0.4, 0.5) is 5.69 Å². The third kappa shape index (κ3) is 4.25. The Bertz CT molecular complexity index is 1000. The van der Waals surface area contributed by atoms with Crippen molar-refractivity contribution in [2.45, 2.75) is 12.5 Å². The molecule has 0 radical (unpaired) electrons. The van der Waals surface area contributed by atoms with E-state index < -0.39 is 11.9 Å². The largest absolute Gasteiger partial charge is 0.489 e. The van der Waals surface area contributed by atoms with Gasteiger partial charge in [-0.15, -0.1) is 10.2 Å². The number of benzene rings is 2. The van der Waals surface area contributed by atoms with Crippen molar-refractivity contribution >= 4 is 17.5 Å². The van der Waals surface area contributed by atoms with Crippen LogP contribution in [0.1, 0.15) is 22.0 Å². The Morgan fingerprint density at radius 3 is 2.69 bits per heavy atom. The fourth-order valence-corrected chi connectivity index (χ4v) is 3.05. The first-order valence-corrected chi connectivity index (χ1v) is 8.87. The number of ether oxygens (including phenoxy) is 1. The van der Waals surface area contributed by atoms with Crippen LogP contribution in [0.25, 0.3) is 0 Å². The van der Waals surface area contributed by atoms with E-state index in [0.717, 1.165) is 5.56 Å². The highest BCUT2D eigenvalue weighted by Gasteiger charge is 2.31. The molecular weight excluding hydrogens is 374 g/mol. The number of amides is 2. The zero-order chi connectivity index (χ0) is 19.5. The number of rotatable bonds is 4. The Labute approximate surface area is 167 Å². The van der Waals surface area contributed by atoms with Gasteiger partial charge in [-0.3, -0.25) is 9.59 Å². The van der Waals surface area contributed by atoms with Crippen LogP contribution in [-0.2, 0) is 11.2 Å². The van der Waals surface area contributed by atoms with E-state index in [1.807, 2.05) is 42.5 Å². The summed E-state index contributed by atoms with van der Waals surface area (Å²) in [5.74, 6) is 0.461. The smallest absolute Gasteiger partial charge is 0.289 e. The first-order chi connectivity index (χ1) is 13.6. The fraction of sp³-hybridized carbons (Fsp3) is 0.200. The van der Waals surface area contributed by atoms with Crippen molar-refractivity contribution in [1.29, 1.82) is 0 Å². The second-order valence-electron chi connectivity index (χ2n) is 6.48. The molecule has 0 saturated carbocycles. The summed E-state index contributed by atoms with van der Waals surface area (Å²) in [7, 11) is 1.65. The third-order valence-electron chi connectivity index (χ3n) is 4.53. The number of H-pyrrole nitrogens is 1. The van der Waals surface area contributed by atoms with E-state index in [1.165, 1.54) is 4.90 Å². The van der Waals surface area contributed by atoms with Gasteiger partial charge in [-0.1, -0.05) is 42.5 Å². The van der Waals surface area contributed by atoms with E-state index in [1.54, 1.807) is 19.2 Å². The molecule has 2 amide bonds. The van der Waals surface area contributed by atoms with Crippen molar-refractivity contribution in [2.75, 3.05) is 18.6 Å². The molecule has 0 fully saturated rings. The van der Waals surface area contributed by atoms with Crippen molar-refractivity contribution < 1.29 is 19.8 Å². The number of carbonyl (C=O) groups is 2. The summed E-state index contributed by atoms with van der Waals surface area (Å²) in [6.07, 6.45) is 0.532. The molecular formula is C20H21N5O4. The molecule has 9 nitrogen and oxygen atoms in total. The molecule has 150 valence electrons. The molecule has 9 heteroatoms. The molecule has 3 aromatic rings. The maximum Gasteiger partial charge on any atom is 0.289 e. The normalized spacial score (nSPS) is 15.6. The number of carbonyl (C=O) groups excluding carboxylic acids is 2. The maximum absolute atomic E-state index is 12.7. The minimum Gasteiger partial charge on any atom is -0.489 e. The van der Waals surface area contributed by atoms with Crippen LogP contribution in [0.2, 0.25) is 0 Å². The second kappa shape index (κ2) is 8.53. The molecule has 0 saturated heterocycles. The van der Waals surface area contributed by atoms with E-state index in [0.29, 0.717) is 23.7 Å². The van der Waals surface area contributed by atoms with Gasteiger partial charge in [0.15, 0.2) is 0 Å². The Morgan fingerprint density at radius 1 is 1.17 bits per heavy atom. The van der Waals surface area contributed by atoms with E-state index >= 15 is 0 Å². The molecule has 1 aliphatic heterocycles. The first-order valence-electron chi connectivity index (χ1n) is 8.87. The number of anilines is 1. The lowest BCUT2D eigenvalue weighted by molar-refractivity contribution is -0.120. The molecule has 1 atom stereocenters. The fourth-order valence-electron chi connectivity index (χ4n) is 3.05. The van der Waals surface area contributed by atoms with Crippen LogP contribution in [0.5, 0.6) is 5.75 Å². The summed E-state index contributed by atoms with van der Waals surface area (Å²) in [6, 6.07) is 16.2. The monoisotopic (exact) mass is 395 g/mol.